The zero-order chi connectivity index (χ0) is 21.8. The van der Waals surface area contributed by atoms with Crippen molar-refractivity contribution in [3.05, 3.63) is 65.3 Å². The summed E-state index contributed by atoms with van der Waals surface area (Å²) in [6.07, 6.45) is 1.71. The second-order valence-corrected chi connectivity index (χ2v) is 7.44. The molecule has 0 saturated carbocycles. The van der Waals surface area contributed by atoms with Gasteiger partial charge in [0.1, 0.15) is 29.1 Å². The Morgan fingerprint density at radius 1 is 1.06 bits per heavy atom. The van der Waals surface area contributed by atoms with Gasteiger partial charge in [0.05, 0.1) is 5.02 Å². The van der Waals surface area contributed by atoms with Crippen LogP contribution >= 0.6 is 11.6 Å². The van der Waals surface area contributed by atoms with E-state index in [0.717, 1.165) is 5.82 Å². The topological polar surface area (TPSA) is 86.3 Å². The first-order valence-corrected chi connectivity index (χ1v) is 10.2. The number of aryl methyl sites for hydroxylation is 1. The van der Waals surface area contributed by atoms with Crippen LogP contribution in [0, 0.1) is 12.7 Å². The van der Waals surface area contributed by atoms with Gasteiger partial charge in [-0.05, 0) is 37.3 Å². The Morgan fingerprint density at radius 2 is 1.87 bits per heavy atom. The highest BCUT2D eigenvalue weighted by Crippen LogP contribution is 2.22. The van der Waals surface area contributed by atoms with Gasteiger partial charge in [0.2, 0.25) is 0 Å². The number of halogens is 2. The molecule has 0 radical (unpaired) electrons. The van der Waals surface area contributed by atoms with Crippen molar-refractivity contribution in [1.82, 2.24) is 19.9 Å². The number of benzene rings is 1. The summed E-state index contributed by atoms with van der Waals surface area (Å²) in [4.78, 5) is 29.6. The van der Waals surface area contributed by atoms with Crippen molar-refractivity contribution in [2.75, 3.05) is 41.7 Å². The first-order valence-electron chi connectivity index (χ1n) is 9.77. The Balaban J connectivity index is 1.38. The van der Waals surface area contributed by atoms with Crippen LogP contribution in [0.3, 0.4) is 0 Å². The van der Waals surface area contributed by atoms with Crippen LogP contribution in [0.15, 0.2) is 48.7 Å². The van der Waals surface area contributed by atoms with E-state index in [1.807, 2.05) is 31.2 Å². The van der Waals surface area contributed by atoms with Gasteiger partial charge < -0.3 is 20.4 Å². The summed E-state index contributed by atoms with van der Waals surface area (Å²) in [7, 11) is 0. The van der Waals surface area contributed by atoms with Gasteiger partial charge in [-0.25, -0.2) is 24.1 Å². The third kappa shape index (κ3) is 5.18. The van der Waals surface area contributed by atoms with Crippen molar-refractivity contribution < 1.29 is 9.18 Å². The zero-order valence-electron chi connectivity index (χ0n) is 16.8. The molecule has 2 amide bonds. The molecule has 1 saturated heterocycles. The molecule has 1 aromatic carbocycles. The van der Waals surface area contributed by atoms with E-state index in [9.17, 15) is 9.18 Å². The van der Waals surface area contributed by atoms with Gasteiger partial charge >= 0.3 is 6.03 Å². The fourth-order valence-corrected chi connectivity index (χ4v) is 3.44. The van der Waals surface area contributed by atoms with E-state index in [-0.39, 0.29) is 11.1 Å². The van der Waals surface area contributed by atoms with Gasteiger partial charge in [0.25, 0.3) is 0 Å². The number of aromatic nitrogens is 3. The second-order valence-electron chi connectivity index (χ2n) is 7.03. The number of hydrogen-bond acceptors (Lipinski definition) is 6. The van der Waals surface area contributed by atoms with Crippen LogP contribution in [0.5, 0.6) is 0 Å². The zero-order valence-corrected chi connectivity index (χ0v) is 17.6. The molecule has 3 heterocycles. The molecule has 0 bridgehead atoms. The van der Waals surface area contributed by atoms with Crippen molar-refractivity contribution >= 4 is 40.8 Å². The summed E-state index contributed by atoms with van der Waals surface area (Å²) in [5, 5.41) is 5.91. The Labute approximate surface area is 184 Å². The molecule has 160 valence electrons. The summed E-state index contributed by atoms with van der Waals surface area (Å²) in [6.45, 7) is 4.12. The van der Waals surface area contributed by atoms with Crippen LogP contribution in [-0.2, 0) is 0 Å². The fraction of sp³-hybridized carbons (Fsp3) is 0.238. The van der Waals surface area contributed by atoms with Crippen molar-refractivity contribution in [1.29, 1.82) is 0 Å². The predicted molar refractivity (Wildman–Crippen MR) is 119 cm³/mol. The van der Waals surface area contributed by atoms with E-state index in [4.69, 9.17) is 11.6 Å². The lowest BCUT2D eigenvalue weighted by atomic mass is 10.3. The Hall–Kier alpha value is -3.46. The van der Waals surface area contributed by atoms with Crippen LogP contribution in [0.1, 0.15) is 5.82 Å². The van der Waals surface area contributed by atoms with Gasteiger partial charge in [-0.3, -0.25) is 0 Å². The predicted octanol–water partition coefficient (Wildman–Crippen LogP) is 4.07. The van der Waals surface area contributed by atoms with E-state index in [1.54, 1.807) is 11.1 Å². The van der Waals surface area contributed by atoms with Crippen molar-refractivity contribution in [3.8, 4) is 0 Å². The number of anilines is 4. The molecule has 2 aromatic heterocycles. The Kier molecular flexibility index (Phi) is 6.13. The number of carbonyl (C=O) groups is 1. The fourth-order valence-electron chi connectivity index (χ4n) is 3.26. The first kappa shape index (κ1) is 20.8. The number of pyridine rings is 1. The minimum Gasteiger partial charge on any atom is -0.353 e. The smallest absolute Gasteiger partial charge is 0.321 e. The van der Waals surface area contributed by atoms with Crippen molar-refractivity contribution in [3.63, 3.8) is 0 Å². The lowest BCUT2D eigenvalue weighted by Gasteiger charge is -2.35. The van der Waals surface area contributed by atoms with Crippen LogP contribution in [0.25, 0.3) is 0 Å². The van der Waals surface area contributed by atoms with Crippen LogP contribution < -0.4 is 15.5 Å². The van der Waals surface area contributed by atoms with Crippen LogP contribution in [0.2, 0.25) is 5.02 Å². The molecule has 0 aliphatic carbocycles. The van der Waals surface area contributed by atoms with Gasteiger partial charge in [-0.1, -0.05) is 17.7 Å². The van der Waals surface area contributed by atoms with Crippen molar-refractivity contribution in [2.24, 2.45) is 0 Å². The number of piperazine rings is 1. The lowest BCUT2D eigenvalue weighted by Crippen LogP contribution is -2.50. The highest BCUT2D eigenvalue weighted by molar-refractivity contribution is 6.31. The summed E-state index contributed by atoms with van der Waals surface area (Å²) in [5.74, 6) is 2.27. The number of carbonyl (C=O) groups excluding carboxylic acids is 1. The molecule has 4 rings (SSSR count). The first-order chi connectivity index (χ1) is 15.0. The lowest BCUT2D eigenvalue weighted by molar-refractivity contribution is 0.208. The van der Waals surface area contributed by atoms with E-state index in [0.29, 0.717) is 49.3 Å². The Bertz CT molecular complexity index is 1070. The number of amides is 2. The molecule has 0 spiro atoms. The molecule has 3 aromatic rings. The third-order valence-electron chi connectivity index (χ3n) is 4.81. The van der Waals surface area contributed by atoms with Crippen LogP contribution in [0.4, 0.5) is 32.3 Å². The normalized spacial score (nSPS) is 13.8. The maximum absolute atomic E-state index is 13.3. The number of nitrogens with one attached hydrogen (secondary N) is 2. The minimum absolute atomic E-state index is 0.0307. The number of nitrogens with zero attached hydrogens (tertiary/aromatic N) is 5. The van der Waals surface area contributed by atoms with Gasteiger partial charge in [-0.2, -0.15) is 0 Å². The van der Waals surface area contributed by atoms with E-state index in [1.165, 1.54) is 18.2 Å². The minimum atomic E-state index is -0.523. The van der Waals surface area contributed by atoms with Gasteiger partial charge in [0.15, 0.2) is 0 Å². The average molecular weight is 442 g/mol. The highest BCUT2D eigenvalue weighted by atomic mass is 35.5. The molecule has 10 heteroatoms. The average Bonchev–Trinajstić information content (AvgIpc) is 2.77. The molecule has 1 aliphatic rings. The van der Waals surface area contributed by atoms with E-state index in [2.05, 4.69) is 30.5 Å². The molecule has 0 unspecified atom stereocenters. The molecule has 0 atom stereocenters. The molecule has 31 heavy (non-hydrogen) atoms. The molecule has 1 fully saturated rings. The quantitative estimate of drug-likeness (QED) is 0.634. The highest BCUT2D eigenvalue weighted by Gasteiger charge is 2.23. The maximum atomic E-state index is 13.3. The number of rotatable bonds is 4. The van der Waals surface area contributed by atoms with Gasteiger partial charge in [0, 0.05) is 44.1 Å². The standard InChI is InChI=1S/C21H21ClFN7O/c1-14-25-19(28-18-4-2-3-7-24-18)13-20(26-14)29-8-10-30(11-9-29)21(31)27-15-5-6-17(23)16(22)12-15/h2-7,12-13H,8-11H2,1H3,(H,27,31)(H,24,25,26,28). The third-order valence-corrected chi connectivity index (χ3v) is 5.10. The molecule has 1 aliphatic heterocycles. The summed E-state index contributed by atoms with van der Waals surface area (Å²) >= 11 is 5.78. The largest absolute Gasteiger partial charge is 0.353 e. The number of hydrogen-bond donors (Lipinski definition) is 2. The number of urea groups is 1. The van der Waals surface area contributed by atoms with Crippen LogP contribution in [-0.4, -0.2) is 52.1 Å². The maximum Gasteiger partial charge on any atom is 0.321 e. The molecule has 8 nitrogen and oxygen atoms in total. The molecule has 2 N–H and O–H groups in total. The van der Waals surface area contributed by atoms with Crippen molar-refractivity contribution in [2.45, 2.75) is 6.92 Å². The van der Waals surface area contributed by atoms with E-state index >= 15 is 0 Å². The Morgan fingerprint density at radius 3 is 2.58 bits per heavy atom. The second kappa shape index (κ2) is 9.13. The van der Waals surface area contributed by atoms with E-state index < -0.39 is 5.82 Å². The van der Waals surface area contributed by atoms with Gasteiger partial charge in [-0.15, -0.1) is 0 Å². The summed E-state index contributed by atoms with van der Waals surface area (Å²) in [5.41, 5.74) is 0.454. The molecular formula is C21H21ClFN7O. The summed E-state index contributed by atoms with van der Waals surface area (Å²) < 4.78 is 13.3. The molecular weight excluding hydrogens is 421 g/mol. The monoisotopic (exact) mass is 441 g/mol. The summed E-state index contributed by atoms with van der Waals surface area (Å²) in [6, 6.07) is 11.3. The SMILES string of the molecule is Cc1nc(Nc2ccccn2)cc(N2CCN(C(=O)Nc3ccc(F)c(Cl)c3)CC2)n1.